The van der Waals surface area contributed by atoms with Crippen molar-refractivity contribution in [3.63, 3.8) is 0 Å². The summed E-state index contributed by atoms with van der Waals surface area (Å²) >= 11 is 0. The Hall–Kier alpha value is -2.60. The molecule has 1 heterocycles. The fraction of sp³-hybridized carbons (Fsp3) is 0.381. The van der Waals surface area contributed by atoms with E-state index in [9.17, 15) is 9.18 Å². The minimum Gasteiger partial charge on any atom is -0.489 e. The summed E-state index contributed by atoms with van der Waals surface area (Å²) in [6.45, 7) is 4.54. The summed E-state index contributed by atoms with van der Waals surface area (Å²) in [5.74, 6) is 0.389. The molecule has 1 amide bonds. The van der Waals surface area contributed by atoms with Gasteiger partial charge < -0.3 is 19.9 Å². The van der Waals surface area contributed by atoms with Crippen molar-refractivity contribution < 1.29 is 13.9 Å². The van der Waals surface area contributed by atoms with E-state index >= 15 is 0 Å². The molecule has 1 unspecified atom stereocenters. The summed E-state index contributed by atoms with van der Waals surface area (Å²) in [5.41, 5.74) is 2.34. The number of rotatable bonds is 6. The van der Waals surface area contributed by atoms with Crippen LogP contribution in [-0.4, -0.2) is 50.6 Å². The zero-order chi connectivity index (χ0) is 19.4. The van der Waals surface area contributed by atoms with Crippen molar-refractivity contribution in [2.24, 2.45) is 0 Å². The van der Waals surface area contributed by atoms with E-state index in [1.165, 1.54) is 6.07 Å². The lowest BCUT2D eigenvalue weighted by Gasteiger charge is -2.37. The summed E-state index contributed by atoms with van der Waals surface area (Å²) < 4.78 is 19.4. The monoisotopic (exact) mass is 371 g/mol. The Morgan fingerprint density at radius 1 is 1.30 bits per heavy atom. The lowest BCUT2D eigenvalue weighted by molar-refractivity contribution is 0.0951. The first kappa shape index (κ1) is 19.2. The average molecular weight is 371 g/mol. The van der Waals surface area contributed by atoms with Crippen molar-refractivity contribution in [3.8, 4) is 5.75 Å². The van der Waals surface area contributed by atoms with Crippen LogP contribution >= 0.6 is 0 Å². The molecule has 6 heteroatoms. The molecule has 2 aromatic rings. The normalized spacial score (nSPS) is 16.0. The van der Waals surface area contributed by atoms with E-state index < -0.39 is 0 Å². The lowest BCUT2D eigenvalue weighted by Crippen LogP contribution is -2.40. The van der Waals surface area contributed by atoms with Crippen molar-refractivity contribution in [3.05, 3.63) is 59.4 Å². The van der Waals surface area contributed by atoms with Gasteiger partial charge >= 0.3 is 0 Å². The molecule has 0 spiro atoms. The number of anilines is 1. The molecular formula is C21H26FN3O2. The zero-order valence-electron chi connectivity index (χ0n) is 16.0. The van der Waals surface area contributed by atoms with Crippen molar-refractivity contribution in [1.29, 1.82) is 0 Å². The minimum atomic E-state index is -0.248. The summed E-state index contributed by atoms with van der Waals surface area (Å²) in [6, 6.07) is 12.2. The number of nitrogens with zero attached hydrogens (tertiary/aromatic N) is 2. The number of hydrogen-bond acceptors (Lipinski definition) is 4. The van der Waals surface area contributed by atoms with Crippen LogP contribution in [0.15, 0.2) is 42.5 Å². The average Bonchev–Trinajstić information content (AvgIpc) is 2.63. The number of amides is 1. The van der Waals surface area contributed by atoms with E-state index in [0.717, 1.165) is 23.5 Å². The standard InChI is InChI=1S/C21H26FN3O2/c1-15-14-27-20-8-7-17(21(26)23-9-10-24(2)3)12-19(20)25(15)13-16-5-4-6-18(22)11-16/h4-8,11-12,15H,9-10,13-14H2,1-3H3,(H,23,26). The third-order valence-electron chi connectivity index (χ3n) is 4.63. The molecule has 0 bridgehead atoms. The summed E-state index contributed by atoms with van der Waals surface area (Å²) in [5, 5.41) is 2.93. The van der Waals surface area contributed by atoms with Crippen LogP contribution in [0, 0.1) is 5.82 Å². The van der Waals surface area contributed by atoms with Gasteiger partial charge in [-0.3, -0.25) is 4.79 Å². The van der Waals surface area contributed by atoms with Gasteiger partial charge in [-0.1, -0.05) is 12.1 Å². The van der Waals surface area contributed by atoms with Crippen molar-refractivity contribution in [1.82, 2.24) is 10.2 Å². The second-order valence-corrected chi connectivity index (χ2v) is 7.16. The number of nitrogens with one attached hydrogen (secondary N) is 1. The van der Waals surface area contributed by atoms with E-state index in [2.05, 4.69) is 17.1 Å². The third-order valence-corrected chi connectivity index (χ3v) is 4.63. The number of hydrogen-bond donors (Lipinski definition) is 1. The predicted octanol–water partition coefficient (Wildman–Crippen LogP) is 2.90. The molecule has 1 aliphatic heterocycles. The topological polar surface area (TPSA) is 44.8 Å². The van der Waals surface area contributed by atoms with Gasteiger partial charge in [-0.15, -0.1) is 0 Å². The maximum atomic E-state index is 13.6. The van der Waals surface area contributed by atoms with E-state index in [1.54, 1.807) is 18.2 Å². The van der Waals surface area contributed by atoms with Gasteiger partial charge in [0.2, 0.25) is 0 Å². The number of carbonyl (C=O) groups excluding carboxylic acids is 1. The van der Waals surface area contributed by atoms with Crippen LogP contribution in [0.3, 0.4) is 0 Å². The Morgan fingerprint density at radius 3 is 2.85 bits per heavy atom. The molecule has 3 rings (SSSR count). The molecule has 0 aromatic heterocycles. The zero-order valence-corrected chi connectivity index (χ0v) is 16.0. The van der Waals surface area contributed by atoms with E-state index in [4.69, 9.17) is 4.74 Å². The van der Waals surface area contributed by atoms with Crippen LogP contribution in [0.1, 0.15) is 22.8 Å². The van der Waals surface area contributed by atoms with Gasteiger partial charge in [0, 0.05) is 25.2 Å². The second-order valence-electron chi connectivity index (χ2n) is 7.16. The van der Waals surface area contributed by atoms with Crippen LogP contribution in [0.2, 0.25) is 0 Å². The third kappa shape index (κ3) is 4.77. The molecule has 0 radical (unpaired) electrons. The van der Waals surface area contributed by atoms with Gasteiger partial charge in [-0.2, -0.15) is 0 Å². The molecule has 27 heavy (non-hydrogen) atoms. The quantitative estimate of drug-likeness (QED) is 0.848. The number of likely N-dealkylation sites (N-methyl/N-ethyl adjacent to an activating group) is 1. The summed E-state index contributed by atoms with van der Waals surface area (Å²) in [7, 11) is 3.93. The number of ether oxygens (including phenoxy) is 1. The van der Waals surface area contributed by atoms with Gasteiger partial charge in [-0.05, 0) is 56.9 Å². The fourth-order valence-electron chi connectivity index (χ4n) is 3.11. The van der Waals surface area contributed by atoms with Crippen LogP contribution < -0.4 is 15.0 Å². The van der Waals surface area contributed by atoms with E-state index in [-0.39, 0.29) is 17.8 Å². The largest absolute Gasteiger partial charge is 0.489 e. The molecule has 1 aliphatic rings. The maximum Gasteiger partial charge on any atom is 0.251 e. The summed E-state index contributed by atoms with van der Waals surface area (Å²) in [6.07, 6.45) is 0. The fourth-order valence-corrected chi connectivity index (χ4v) is 3.11. The van der Waals surface area contributed by atoms with E-state index in [1.807, 2.05) is 37.2 Å². The molecule has 0 saturated carbocycles. The highest BCUT2D eigenvalue weighted by molar-refractivity contribution is 5.95. The Kier molecular flexibility index (Phi) is 5.96. The van der Waals surface area contributed by atoms with Gasteiger partial charge in [0.05, 0.1) is 11.7 Å². The highest BCUT2D eigenvalue weighted by Gasteiger charge is 2.25. The SMILES string of the molecule is CC1COc2ccc(C(=O)NCCN(C)C)cc2N1Cc1cccc(F)c1. The first-order valence-electron chi connectivity index (χ1n) is 9.15. The van der Waals surface area contributed by atoms with Gasteiger partial charge in [0.15, 0.2) is 0 Å². The maximum absolute atomic E-state index is 13.6. The lowest BCUT2D eigenvalue weighted by atomic mass is 10.1. The molecule has 0 aliphatic carbocycles. The Balaban J connectivity index is 1.81. The van der Waals surface area contributed by atoms with Crippen molar-refractivity contribution in [2.45, 2.75) is 19.5 Å². The van der Waals surface area contributed by atoms with E-state index in [0.29, 0.717) is 25.3 Å². The smallest absolute Gasteiger partial charge is 0.251 e. The molecule has 0 saturated heterocycles. The molecule has 0 fully saturated rings. The Labute approximate surface area is 159 Å². The number of carbonyl (C=O) groups is 1. The van der Waals surface area contributed by atoms with Crippen molar-refractivity contribution in [2.75, 3.05) is 38.7 Å². The predicted molar refractivity (Wildman–Crippen MR) is 105 cm³/mol. The molecule has 144 valence electrons. The highest BCUT2D eigenvalue weighted by Crippen LogP contribution is 2.35. The molecule has 5 nitrogen and oxygen atoms in total. The second kappa shape index (κ2) is 8.39. The first-order valence-corrected chi connectivity index (χ1v) is 9.15. The Bertz CT molecular complexity index is 810. The van der Waals surface area contributed by atoms with Gasteiger partial charge in [-0.25, -0.2) is 4.39 Å². The van der Waals surface area contributed by atoms with Crippen molar-refractivity contribution >= 4 is 11.6 Å². The Morgan fingerprint density at radius 2 is 2.11 bits per heavy atom. The minimum absolute atomic E-state index is 0.108. The number of fused-ring (bicyclic) bond motifs is 1. The molecule has 1 atom stereocenters. The number of halogens is 1. The van der Waals surface area contributed by atoms with Gasteiger partial charge in [0.1, 0.15) is 18.2 Å². The van der Waals surface area contributed by atoms with Crippen LogP contribution in [0.5, 0.6) is 5.75 Å². The first-order chi connectivity index (χ1) is 12.9. The number of benzene rings is 2. The van der Waals surface area contributed by atoms with Crippen LogP contribution in [0.4, 0.5) is 10.1 Å². The van der Waals surface area contributed by atoms with Gasteiger partial charge in [0.25, 0.3) is 5.91 Å². The molecule has 2 aromatic carbocycles. The van der Waals surface area contributed by atoms with Crippen LogP contribution in [0.25, 0.3) is 0 Å². The molecule has 1 N–H and O–H groups in total. The highest BCUT2D eigenvalue weighted by atomic mass is 19.1. The molecular weight excluding hydrogens is 345 g/mol. The summed E-state index contributed by atoms with van der Waals surface area (Å²) in [4.78, 5) is 16.6. The van der Waals surface area contributed by atoms with Crippen LogP contribution in [-0.2, 0) is 6.54 Å².